The Morgan fingerprint density at radius 1 is 1.04 bits per heavy atom. The molecule has 24 heavy (non-hydrogen) atoms. The van der Waals surface area contributed by atoms with E-state index in [9.17, 15) is 13.2 Å². The summed E-state index contributed by atoms with van der Waals surface area (Å²) in [6.45, 7) is 0. The van der Waals surface area contributed by atoms with Crippen LogP contribution < -0.4 is 5.32 Å². The zero-order chi connectivity index (χ0) is 16.9. The first-order valence-electron chi connectivity index (χ1n) is 7.83. The molecular formula is C19H15ClF3N. The van der Waals surface area contributed by atoms with Gasteiger partial charge in [0.05, 0.1) is 11.6 Å². The number of nitrogens with one attached hydrogen (secondary N) is 1. The highest BCUT2D eigenvalue weighted by Gasteiger charge is 2.39. The Morgan fingerprint density at radius 3 is 2.50 bits per heavy atom. The monoisotopic (exact) mass is 349 g/mol. The predicted molar refractivity (Wildman–Crippen MR) is 89.2 cm³/mol. The molecule has 124 valence electrons. The van der Waals surface area contributed by atoms with Gasteiger partial charge in [0.15, 0.2) is 0 Å². The first kappa shape index (κ1) is 15.6. The number of benzene rings is 2. The normalized spacial score (nSPS) is 25.1. The Balaban J connectivity index is 1.76. The third kappa shape index (κ3) is 2.59. The molecule has 0 spiro atoms. The lowest BCUT2D eigenvalue weighted by Crippen LogP contribution is -2.29. The summed E-state index contributed by atoms with van der Waals surface area (Å²) in [5, 5.41) is 4.10. The van der Waals surface area contributed by atoms with Crippen molar-refractivity contribution in [3.8, 4) is 0 Å². The first-order chi connectivity index (χ1) is 11.4. The van der Waals surface area contributed by atoms with Crippen molar-refractivity contribution in [1.29, 1.82) is 0 Å². The van der Waals surface area contributed by atoms with Crippen LogP contribution in [0.15, 0.2) is 54.6 Å². The molecule has 0 unspecified atom stereocenters. The fourth-order valence-electron chi connectivity index (χ4n) is 3.77. The molecular weight excluding hydrogens is 335 g/mol. The van der Waals surface area contributed by atoms with Crippen LogP contribution in [0.4, 0.5) is 18.9 Å². The minimum atomic E-state index is -4.32. The molecule has 1 heterocycles. The number of alkyl halides is 3. The zero-order valence-electron chi connectivity index (χ0n) is 12.6. The van der Waals surface area contributed by atoms with Gasteiger partial charge in [-0.05, 0) is 53.8 Å². The number of hydrogen-bond donors (Lipinski definition) is 1. The summed E-state index contributed by atoms with van der Waals surface area (Å²) in [6, 6.07) is 11.7. The molecule has 1 N–H and O–H groups in total. The van der Waals surface area contributed by atoms with Crippen LogP contribution in [-0.4, -0.2) is 0 Å². The van der Waals surface area contributed by atoms with Crippen LogP contribution in [0.3, 0.4) is 0 Å². The van der Waals surface area contributed by atoms with Gasteiger partial charge < -0.3 is 5.32 Å². The van der Waals surface area contributed by atoms with Crippen LogP contribution in [0.2, 0.25) is 5.02 Å². The maximum atomic E-state index is 13.0. The number of anilines is 1. The van der Waals surface area contributed by atoms with Crippen molar-refractivity contribution in [1.82, 2.24) is 0 Å². The van der Waals surface area contributed by atoms with Crippen molar-refractivity contribution in [2.75, 3.05) is 5.32 Å². The molecule has 0 amide bonds. The molecule has 2 aromatic carbocycles. The van der Waals surface area contributed by atoms with Gasteiger partial charge in [0.25, 0.3) is 0 Å². The average molecular weight is 350 g/mol. The number of halogens is 4. The van der Waals surface area contributed by atoms with Gasteiger partial charge in [-0.15, -0.1) is 0 Å². The zero-order valence-corrected chi connectivity index (χ0v) is 13.4. The van der Waals surface area contributed by atoms with E-state index in [0.29, 0.717) is 5.02 Å². The van der Waals surface area contributed by atoms with Crippen LogP contribution in [-0.2, 0) is 6.18 Å². The second kappa shape index (κ2) is 5.55. The smallest absolute Gasteiger partial charge is 0.378 e. The second-order valence-corrected chi connectivity index (χ2v) is 6.76. The van der Waals surface area contributed by atoms with Crippen molar-refractivity contribution >= 4 is 17.3 Å². The summed E-state index contributed by atoms with van der Waals surface area (Å²) in [4.78, 5) is 0. The van der Waals surface area contributed by atoms with Crippen molar-refractivity contribution in [3.05, 3.63) is 76.3 Å². The highest BCUT2D eigenvalue weighted by Crippen LogP contribution is 2.50. The van der Waals surface area contributed by atoms with Gasteiger partial charge in [-0.2, -0.15) is 13.2 Å². The summed E-state index contributed by atoms with van der Waals surface area (Å²) in [7, 11) is 0. The van der Waals surface area contributed by atoms with Crippen LogP contribution in [0.25, 0.3) is 0 Å². The largest absolute Gasteiger partial charge is 0.416 e. The molecule has 0 radical (unpaired) electrons. The minimum absolute atomic E-state index is 0.00391. The van der Waals surface area contributed by atoms with E-state index in [1.807, 2.05) is 30.3 Å². The quantitative estimate of drug-likeness (QED) is 0.606. The highest BCUT2D eigenvalue weighted by atomic mass is 35.5. The summed E-state index contributed by atoms with van der Waals surface area (Å²) in [5.74, 6) is 0.214. The molecule has 1 nitrogen and oxygen atoms in total. The van der Waals surface area contributed by atoms with E-state index >= 15 is 0 Å². The first-order valence-corrected chi connectivity index (χ1v) is 8.21. The number of fused-ring (bicyclic) bond motifs is 3. The fraction of sp³-hybridized carbons (Fsp3) is 0.263. The molecule has 4 rings (SSSR count). The molecule has 2 aliphatic rings. The third-order valence-corrected chi connectivity index (χ3v) is 5.17. The molecule has 0 saturated carbocycles. The predicted octanol–water partition coefficient (Wildman–Crippen LogP) is 6.19. The second-order valence-electron chi connectivity index (χ2n) is 6.33. The van der Waals surface area contributed by atoms with Crippen LogP contribution in [0.5, 0.6) is 0 Å². The van der Waals surface area contributed by atoms with E-state index in [0.717, 1.165) is 29.3 Å². The van der Waals surface area contributed by atoms with Gasteiger partial charge in [0.1, 0.15) is 0 Å². The van der Waals surface area contributed by atoms with Gasteiger partial charge in [0, 0.05) is 16.6 Å². The van der Waals surface area contributed by atoms with Gasteiger partial charge in [-0.25, -0.2) is 0 Å². The molecule has 2 aromatic rings. The number of rotatable bonds is 1. The van der Waals surface area contributed by atoms with Crippen LogP contribution in [0, 0.1) is 5.92 Å². The van der Waals surface area contributed by atoms with Gasteiger partial charge >= 0.3 is 6.18 Å². The fourth-order valence-corrected chi connectivity index (χ4v) is 3.90. The summed E-state index contributed by atoms with van der Waals surface area (Å²) >= 11 is 5.96. The Kier molecular flexibility index (Phi) is 3.61. The molecule has 0 fully saturated rings. The molecule has 1 aliphatic carbocycles. The van der Waals surface area contributed by atoms with Crippen molar-refractivity contribution in [3.63, 3.8) is 0 Å². The minimum Gasteiger partial charge on any atom is -0.378 e. The topological polar surface area (TPSA) is 12.0 Å². The molecule has 5 heteroatoms. The third-order valence-electron chi connectivity index (χ3n) is 4.92. The van der Waals surface area contributed by atoms with Crippen molar-refractivity contribution < 1.29 is 13.2 Å². The van der Waals surface area contributed by atoms with E-state index in [-0.39, 0.29) is 17.9 Å². The van der Waals surface area contributed by atoms with Crippen LogP contribution in [0.1, 0.15) is 35.1 Å². The summed E-state index contributed by atoms with van der Waals surface area (Å²) < 4.78 is 39.1. The number of hydrogen-bond acceptors (Lipinski definition) is 1. The summed E-state index contributed by atoms with van der Waals surface area (Å²) in [6.07, 6.45) is 0.628. The highest BCUT2D eigenvalue weighted by molar-refractivity contribution is 6.30. The maximum absolute atomic E-state index is 13.0. The lowest BCUT2D eigenvalue weighted by molar-refractivity contribution is -0.137. The van der Waals surface area contributed by atoms with Gasteiger partial charge in [0.2, 0.25) is 0 Å². The van der Waals surface area contributed by atoms with E-state index in [4.69, 9.17) is 11.6 Å². The Bertz CT molecular complexity index is 795. The summed E-state index contributed by atoms with van der Waals surface area (Å²) in [5.41, 5.74) is 2.01. The van der Waals surface area contributed by atoms with E-state index in [1.54, 1.807) is 6.07 Å². The van der Waals surface area contributed by atoms with E-state index < -0.39 is 11.7 Å². The lowest BCUT2D eigenvalue weighted by atomic mass is 9.76. The Morgan fingerprint density at radius 2 is 1.79 bits per heavy atom. The van der Waals surface area contributed by atoms with E-state index in [1.165, 1.54) is 6.07 Å². The van der Waals surface area contributed by atoms with Gasteiger partial charge in [-0.3, -0.25) is 0 Å². The maximum Gasteiger partial charge on any atom is 0.416 e. The SMILES string of the molecule is FC(F)(F)c1ccc2c(c1)[C@@H]1C=CC[C@H]1[C@@H](c1ccc(Cl)cc1)N2. The molecule has 0 bridgehead atoms. The molecule has 0 saturated heterocycles. The Labute approximate surface area is 143 Å². The standard InChI is InChI=1S/C19H15ClF3N/c20-13-7-4-11(5-8-13)18-15-3-1-2-14(15)16-10-12(19(21,22)23)6-9-17(16)24-18/h1-2,4-10,14-15,18,24H,3H2/t14-,15-,18-/m1/s1. The Hall–Kier alpha value is -1.94. The number of allylic oxidation sites excluding steroid dienone is 2. The van der Waals surface area contributed by atoms with Crippen molar-refractivity contribution in [2.24, 2.45) is 5.92 Å². The van der Waals surface area contributed by atoms with Gasteiger partial charge in [-0.1, -0.05) is 35.9 Å². The lowest BCUT2D eigenvalue weighted by Gasteiger charge is -2.37. The molecule has 0 aromatic heterocycles. The average Bonchev–Trinajstić information content (AvgIpc) is 3.03. The van der Waals surface area contributed by atoms with Crippen LogP contribution >= 0.6 is 11.6 Å². The molecule has 3 atom stereocenters. The van der Waals surface area contributed by atoms with Crippen molar-refractivity contribution in [2.45, 2.75) is 24.6 Å². The molecule has 1 aliphatic heterocycles. The van der Waals surface area contributed by atoms with E-state index in [2.05, 4.69) is 11.4 Å².